The van der Waals surface area contributed by atoms with Crippen molar-refractivity contribution in [2.24, 2.45) is 0 Å². The van der Waals surface area contributed by atoms with Gasteiger partial charge in [-0.2, -0.15) is 9.78 Å². The van der Waals surface area contributed by atoms with Crippen LogP contribution >= 0.6 is 0 Å². The van der Waals surface area contributed by atoms with Crippen molar-refractivity contribution in [2.75, 3.05) is 38.5 Å². The van der Waals surface area contributed by atoms with Gasteiger partial charge in [-0.1, -0.05) is 17.7 Å². The molecular formula is C29H28FN5O3. The number of carbonyl (C=O) groups is 1. The number of aryl methyl sites for hydroxylation is 1. The van der Waals surface area contributed by atoms with Gasteiger partial charge in [-0.3, -0.25) is 9.59 Å². The van der Waals surface area contributed by atoms with E-state index in [0.717, 1.165) is 18.7 Å². The topological polar surface area (TPSA) is 79.7 Å². The van der Waals surface area contributed by atoms with Crippen LogP contribution in [0.4, 0.5) is 15.8 Å². The van der Waals surface area contributed by atoms with Gasteiger partial charge in [0.2, 0.25) is 0 Å². The Bertz CT molecular complexity index is 1480. The number of piperazine rings is 1. The van der Waals surface area contributed by atoms with Crippen molar-refractivity contribution >= 4 is 17.3 Å². The van der Waals surface area contributed by atoms with E-state index in [2.05, 4.69) is 15.3 Å². The van der Waals surface area contributed by atoms with Gasteiger partial charge in [0.25, 0.3) is 11.5 Å². The number of likely N-dealkylation sites (N-methyl/N-ethyl adjacent to an activating group) is 1. The molecule has 0 bridgehead atoms. The number of hydrogen-bond donors (Lipinski definition) is 1. The molecule has 3 aromatic carbocycles. The lowest BCUT2D eigenvalue weighted by Gasteiger charge is -2.32. The van der Waals surface area contributed by atoms with Crippen LogP contribution in [0, 0.1) is 12.7 Å². The van der Waals surface area contributed by atoms with Crippen molar-refractivity contribution in [3.63, 3.8) is 0 Å². The van der Waals surface area contributed by atoms with Gasteiger partial charge in [0, 0.05) is 37.4 Å². The van der Waals surface area contributed by atoms with Crippen molar-refractivity contribution in [3.05, 3.63) is 106 Å². The predicted molar refractivity (Wildman–Crippen MR) is 144 cm³/mol. The smallest absolute Gasteiger partial charge is 0.299 e. The highest BCUT2D eigenvalue weighted by atomic mass is 19.1. The summed E-state index contributed by atoms with van der Waals surface area (Å²) in [6, 6.07) is 19.9. The van der Waals surface area contributed by atoms with Crippen molar-refractivity contribution in [3.8, 4) is 17.2 Å². The summed E-state index contributed by atoms with van der Waals surface area (Å²) >= 11 is 0. The average molecular weight is 514 g/mol. The Morgan fingerprint density at radius 3 is 2.24 bits per heavy atom. The number of aromatic nitrogens is 2. The van der Waals surface area contributed by atoms with Crippen LogP contribution in [-0.2, 0) is 0 Å². The van der Waals surface area contributed by atoms with E-state index >= 15 is 0 Å². The van der Waals surface area contributed by atoms with Crippen molar-refractivity contribution in [1.82, 2.24) is 19.6 Å². The summed E-state index contributed by atoms with van der Waals surface area (Å²) in [4.78, 5) is 30.5. The summed E-state index contributed by atoms with van der Waals surface area (Å²) in [5.74, 6) is 0.351. The molecule has 38 heavy (non-hydrogen) atoms. The summed E-state index contributed by atoms with van der Waals surface area (Å²) < 4.78 is 20.7. The van der Waals surface area contributed by atoms with Gasteiger partial charge in [-0.05, 0) is 74.6 Å². The molecule has 0 atom stereocenters. The van der Waals surface area contributed by atoms with E-state index in [-0.39, 0.29) is 17.3 Å². The molecule has 0 saturated carbocycles. The molecule has 5 rings (SSSR count). The minimum Gasteiger partial charge on any atom is -0.453 e. The maximum absolute atomic E-state index is 13.5. The Morgan fingerprint density at radius 2 is 1.58 bits per heavy atom. The standard InChI is InChI=1S/C29H28FN5O3/c1-20-3-13-25(14-4-20)38-26-19-31-35(24-11-7-22(30)8-12-24)29(37)27(26)32-23-9-5-21(6-10-23)28(36)34-17-15-33(2)16-18-34/h3-14,19,32H,15-18H2,1-2H3. The average Bonchev–Trinajstić information content (AvgIpc) is 2.93. The normalized spacial score (nSPS) is 13.8. The van der Waals surface area contributed by atoms with E-state index in [9.17, 15) is 14.0 Å². The maximum atomic E-state index is 13.5. The second-order valence-electron chi connectivity index (χ2n) is 9.29. The number of carbonyl (C=O) groups excluding carboxylic acids is 1. The number of nitrogens with zero attached hydrogens (tertiary/aromatic N) is 4. The number of anilines is 2. The molecule has 1 N–H and O–H groups in total. The fraction of sp³-hybridized carbons (Fsp3) is 0.207. The van der Waals surface area contributed by atoms with Gasteiger partial charge >= 0.3 is 0 Å². The quantitative estimate of drug-likeness (QED) is 0.406. The minimum absolute atomic E-state index is 0.0179. The first kappa shape index (κ1) is 25.2. The van der Waals surface area contributed by atoms with Crippen LogP contribution < -0.4 is 15.6 Å². The Morgan fingerprint density at radius 1 is 0.921 bits per heavy atom. The third-order valence-corrected chi connectivity index (χ3v) is 6.45. The van der Waals surface area contributed by atoms with Gasteiger partial charge in [0.05, 0.1) is 11.9 Å². The van der Waals surface area contributed by atoms with E-state index in [0.29, 0.717) is 35.8 Å². The molecule has 1 fully saturated rings. The van der Waals surface area contributed by atoms with Crippen molar-refractivity contribution < 1.29 is 13.9 Å². The largest absolute Gasteiger partial charge is 0.453 e. The number of hydrogen-bond acceptors (Lipinski definition) is 6. The third kappa shape index (κ3) is 5.57. The van der Waals surface area contributed by atoms with Crippen LogP contribution in [0.1, 0.15) is 15.9 Å². The van der Waals surface area contributed by atoms with E-state index in [1.165, 1.54) is 35.1 Å². The first-order valence-corrected chi connectivity index (χ1v) is 12.3. The first-order chi connectivity index (χ1) is 18.4. The van der Waals surface area contributed by atoms with Crippen molar-refractivity contribution in [2.45, 2.75) is 6.92 Å². The Labute approximate surface area is 219 Å². The van der Waals surface area contributed by atoms with Crippen LogP contribution in [0.2, 0.25) is 0 Å². The number of benzene rings is 3. The van der Waals surface area contributed by atoms with E-state index in [1.807, 2.05) is 43.1 Å². The lowest BCUT2D eigenvalue weighted by atomic mass is 10.1. The highest BCUT2D eigenvalue weighted by molar-refractivity contribution is 5.94. The summed E-state index contributed by atoms with van der Waals surface area (Å²) in [6.45, 7) is 5.04. The summed E-state index contributed by atoms with van der Waals surface area (Å²) in [7, 11) is 2.04. The molecule has 0 unspecified atom stereocenters. The molecule has 194 valence electrons. The SMILES string of the molecule is Cc1ccc(Oc2cnn(-c3ccc(F)cc3)c(=O)c2Nc2ccc(C(=O)N3CCN(C)CC3)cc2)cc1. The van der Waals surface area contributed by atoms with Gasteiger partial charge in [0.15, 0.2) is 11.4 Å². The molecule has 1 aromatic heterocycles. The Kier molecular flexibility index (Phi) is 7.19. The highest BCUT2D eigenvalue weighted by Gasteiger charge is 2.21. The van der Waals surface area contributed by atoms with Crippen molar-refractivity contribution in [1.29, 1.82) is 0 Å². The molecule has 0 aliphatic carbocycles. The summed E-state index contributed by atoms with van der Waals surface area (Å²) in [5.41, 5.74) is 2.35. The fourth-order valence-electron chi connectivity index (χ4n) is 4.16. The second kappa shape index (κ2) is 10.9. The molecule has 1 aliphatic heterocycles. The molecule has 1 amide bonds. The van der Waals surface area contributed by atoms with Gasteiger partial charge in [-0.25, -0.2) is 4.39 Å². The minimum atomic E-state index is -0.473. The van der Waals surface area contributed by atoms with Crippen LogP contribution in [-0.4, -0.2) is 58.7 Å². The van der Waals surface area contributed by atoms with Gasteiger partial charge in [-0.15, -0.1) is 0 Å². The van der Waals surface area contributed by atoms with Crippen LogP contribution in [0.5, 0.6) is 11.5 Å². The Balaban J connectivity index is 1.45. The first-order valence-electron chi connectivity index (χ1n) is 12.3. The van der Waals surface area contributed by atoms with Crippen LogP contribution in [0.3, 0.4) is 0 Å². The molecular weight excluding hydrogens is 485 g/mol. The zero-order chi connectivity index (χ0) is 26.6. The summed E-state index contributed by atoms with van der Waals surface area (Å²) in [5, 5.41) is 7.39. The molecule has 4 aromatic rings. The molecule has 9 heteroatoms. The van der Waals surface area contributed by atoms with Crippen LogP contribution in [0.15, 0.2) is 83.8 Å². The summed E-state index contributed by atoms with van der Waals surface area (Å²) in [6.07, 6.45) is 1.44. The molecule has 8 nitrogen and oxygen atoms in total. The maximum Gasteiger partial charge on any atom is 0.299 e. The molecule has 0 spiro atoms. The van der Waals surface area contributed by atoms with Crippen LogP contribution in [0.25, 0.3) is 5.69 Å². The zero-order valence-electron chi connectivity index (χ0n) is 21.2. The number of amides is 1. The zero-order valence-corrected chi connectivity index (χ0v) is 21.2. The second-order valence-corrected chi connectivity index (χ2v) is 9.29. The molecule has 1 saturated heterocycles. The third-order valence-electron chi connectivity index (χ3n) is 6.45. The van der Waals surface area contributed by atoms with E-state index in [1.54, 1.807) is 24.3 Å². The molecule has 2 heterocycles. The number of ether oxygens (including phenoxy) is 1. The van der Waals surface area contributed by atoms with E-state index in [4.69, 9.17) is 4.74 Å². The van der Waals surface area contributed by atoms with Gasteiger partial charge in [0.1, 0.15) is 11.6 Å². The number of rotatable bonds is 6. The lowest BCUT2D eigenvalue weighted by molar-refractivity contribution is 0.0664. The predicted octanol–water partition coefficient (Wildman–Crippen LogP) is 4.60. The monoisotopic (exact) mass is 513 g/mol. The fourth-order valence-corrected chi connectivity index (χ4v) is 4.16. The van der Waals surface area contributed by atoms with E-state index < -0.39 is 11.4 Å². The molecule has 1 aliphatic rings. The van der Waals surface area contributed by atoms with Gasteiger partial charge < -0.3 is 19.9 Å². The lowest BCUT2D eigenvalue weighted by Crippen LogP contribution is -2.47. The number of halogens is 1. The molecule has 0 radical (unpaired) electrons. The Hall–Kier alpha value is -4.50. The highest BCUT2D eigenvalue weighted by Crippen LogP contribution is 2.29. The number of nitrogens with one attached hydrogen (secondary N) is 1.